The van der Waals surface area contributed by atoms with E-state index in [1.807, 2.05) is 6.92 Å². The molecule has 0 bridgehead atoms. The Kier molecular flexibility index (Phi) is 4.06. The Balaban J connectivity index is 2.18. The van der Waals surface area contributed by atoms with Crippen molar-refractivity contribution in [3.05, 3.63) is 46.3 Å². The summed E-state index contributed by atoms with van der Waals surface area (Å²) in [5.41, 5.74) is 1.07. The second kappa shape index (κ2) is 5.75. The highest BCUT2D eigenvalue weighted by atomic mass is 35.5. The molecule has 0 radical (unpaired) electrons. The third-order valence-electron chi connectivity index (χ3n) is 2.40. The summed E-state index contributed by atoms with van der Waals surface area (Å²) < 4.78 is 15.2. The van der Waals surface area contributed by atoms with E-state index >= 15 is 0 Å². The number of rotatable bonds is 4. The number of carbonyl (C=O) groups is 1. The van der Waals surface area contributed by atoms with Gasteiger partial charge in [0.15, 0.2) is 5.76 Å². The highest BCUT2D eigenvalue weighted by Gasteiger charge is 2.14. The van der Waals surface area contributed by atoms with Crippen molar-refractivity contribution in [2.75, 3.05) is 7.11 Å². The molecule has 0 fully saturated rings. The molecule has 0 aliphatic heterocycles. The van der Waals surface area contributed by atoms with Gasteiger partial charge in [0, 0.05) is 11.1 Å². The summed E-state index contributed by atoms with van der Waals surface area (Å²) >= 11 is 5.88. The van der Waals surface area contributed by atoms with Crippen molar-refractivity contribution in [3.63, 3.8) is 0 Å². The van der Waals surface area contributed by atoms with Gasteiger partial charge in [-0.05, 0) is 25.1 Å². The Bertz CT molecular complexity index is 594. The SMILES string of the molecule is COC(=O)c1ccc(Cl)cc1OCc1cc(C)no1. The van der Waals surface area contributed by atoms with E-state index < -0.39 is 5.97 Å². The summed E-state index contributed by atoms with van der Waals surface area (Å²) in [4.78, 5) is 11.6. The van der Waals surface area contributed by atoms with Gasteiger partial charge in [-0.1, -0.05) is 16.8 Å². The highest BCUT2D eigenvalue weighted by molar-refractivity contribution is 6.30. The van der Waals surface area contributed by atoms with Gasteiger partial charge < -0.3 is 14.0 Å². The molecule has 2 aromatic rings. The maximum atomic E-state index is 11.6. The van der Waals surface area contributed by atoms with Crippen LogP contribution in [0.15, 0.2) is 28.8 Å². The number of halogens is 1. The molecule has 0 aliphatic carbocycles. The van der Waals surface area contributed by atoms with Crippen LogP contribution in [-0.4, -0.2) is 18.2 Å². The predicted molar refractivity (Wildman–Crippen MR) is 68.4 cm³/mol. The number of aryl methyl sites for hydroxylation is 1. The molecular formula is C13H12ClNO4. The molecule has 0 saturated heterocycles. The molecule has 5 nitrogen and oxygen atoms in total. The Morgan fingerprint density at radius 3 is 2.84 bits per heavy atom. The zero-order chi connectivity index (χ0) is 13.8. The van der Waals surface area contributed by atoms with Crippen molar-refractivity contribution in [2.24, 2.45) is 0 Å². The van der Waals surface area contributed by atoms with Gasteiger partial charge in [0.05, 0.1) is 12.8 Å². The van der Waals surface area contributed by atoms with Crippen LogP contribution in [0.3, 0.4) is 0 Å². The molecule has 0 unspecified atom stereocenters. The standard InChI is InChI=1S/C13H12ClNO4/c1-8-5-10(19-15-8)7-18-12-6-9(14)3-4-11(12)13(16)17-2/h3-6H,7H2,1-2H3. The first-order chi connectivity index (χ1) is 9.10. The van der Waals surface area contributed by atoms with E-state index in [0.29, 0.717) is 22.1 Å². The van der Waals surface area contributed by atoms with E-state index in [1.165, 1.54) is 7.11 Å². The summed E-state index contributed by atoms with van der Waals surface area (Å²) in [6.45, 7) is 1.97. The number of hydrogen-bond donors (Lipinski definition) is 0. The second-order valence-electron chi connectivity index (χ2n) is 3.86. The van der Waals surface area contributed by atoms with Crippen molar-refractivity contribution in [3.8, 4) is 5.75 Å². The molecule has 1 aromatic heterocycles. The second-order valence-corrected chi connectivity index (χ2v) is 4.29. The first-order valence-corrected chi connectivity index (χ1v) is 5.91. The van der Waals surface area contributed by atoms with Crippen molar-refractivity contribution < 1.29 is 18.8 Å². The molecular weight excluding hydrogens is 270 g/mol. The first kappa shape index (κ1) is 13.4. The van der Waals surface area contributed by atoms with Gasteiger partial charge in [0.2, 0.25) is 0 Å². The van der Waals surface area contributed by atoms with E-state index in [0.717, 1.165) is 5.69 Å². The van der Waals surface area contributed by atoms with E-state index in [2.05, 4.69) is 9.89 Å². The number of hydrogen-bond acceptors (Lipinski definition) is 5. The van der Waals surface area contributed by atoms with E-state index in [1.54, 1.807) is 24.3 Å². The number of methoxy groups -OCH3 is 1. The third-order valence-corrected chi connectivity index (χ3v) is 2.63. The molecule has 0 aliphatic rings. The third kappa shape index (κ3) is 3.26. The van der Waals surface area contributed by atoms with Gasteiger partial charge >= 0.3 is 5.97 Å². The van der Waals surface area contributed by atoms with Crippen LogP contribution < -0.4 is 4.74 Å². The average molecular weight is 282 g/mol. The van der Waals surface area contributed by atoms with Crippen LogP contribution in [0.2, 0.25) is 5.02 Å². The minimum Gasteiger partial charge on any atom is -0.485 e. The average Bonchev–Trinajstić information content (AvgIpc) is 2.81. The molecule has 0 amide bonds. The van der Waals surface area contributed by atoms with Crippen LogP contribution in [0.4, 0.5) is 0 Å². The normalized spacial score (nSPS) is 10.3. The van der Waals surface area contributed by atoms with Gasteiger partial charge in [-0.15, -0.1) is 0 Å². The van der Waals surface area contributed by atoms with Crippen molar-refractivity contribution in [1.29, 1.82) is 0 Å². The van der Waals surface area contributed by atoms with Crippen molar-refractivity contribution >= 4 is 17.6 Å². The van der Waals surface area contributed by atoms with Gasteiger partial charge in [0.25, 0.3) is 0 Å². The van der Waals surface area contributed by atoms with E-state index in [9.17, 15) is 4.79 Å². The molecule has 1 heterocycles. The van der Waals surface area contributed by atoms with Crippen LogP contribution >= 0.6 is 11.6 Å². The predicted octanol–water partition coefficient (Wildman–Crippen LogP) is 3.00. The maximum absolute atomic E-state index is 11.6. The summed E-state index contributed by atoms with van der Waals surface area (Å²) in [5, 5.41) is 4.22. The molecule has 100 valence electrons. The molecule has 1 aromatic carbocycles. The van der Waals surface area contributed by atoms with Crippen LogP contribution in [0.1, 0.15) is 21.8 Å². The Labute approximate surface area is 115 Å². The number of ether oxygens (including phenoxy) is 2. The van der Waals surface area contributed by atoms with Gasteiger partial charge in [-0.2, -0.15) is 0 Å². The molecule has 19 heavy (non-hydrogen) atoms. The molecule has 0 spiro atoms. The maximum Gasteiger partial charge on any atom is 0.341 e. The molecule has 0 atom stereocenters. The lowest BCUT2D eigenvalue weighted by molar-refractivity contribution is 0.0595. The monoisotopic (exact) mass is 281 g/mol. The number of carbonyl (C=O) groups excluding carboxylic acids is 1. The molecule has 2 rings (SSSR count). The van der Waals surface area contributed by atoms with E-state index in [4.69, 9.17) is 20.9 Å². The lowest BCUT2D eigenvalue weighted by Crippen LogP contribution is -2.05. The first-order valence-electron chi connectivity index (χ1n) is 5.53. The highest BCUT2D eigenvalue weighted by Crippen LogP contribution is 2.25. The summed E-state index contributed by atoms with van der Waals surface area (Å²) in [6, 6.07) is 6.45. The van der Waals surface area contributed by atoms with Crippen LogP contribution in [-0.2, 0) is 11.3 Å². The number of nitrogens with zero attached hydrogens (tertiary/aromatic N) is 1. The lowest BCUT2D eigenvalue weighted by Gasteiger charge is -2.09. The van der Waals surface area contributed by atoms with Crippen LogP contribution in [0, 0.1) is 6.92 Å². The quantitative estimate of drug-likeness (QED) is 0.806. The number of esters is 1. The van der Waals surface area contributed by atoms with Gasteiger partial charge in [0.1, 0.15) is 17.9 Å². The van der Waals surface area contributed by atoms with Gasteiger partial charge in [-0.25, -0.2) is 4.79 Å². The van der Waals surface area contributed by atoms with E-state index in [-0.39, 0.29) is 6.61 Å². The van der Waals surface area contributed by atoms with Gasteiger partial charge in [-0.3, -0.25) is 0 Å². The fourth-order valence-corrected chi connectivity index (χ4v) is 1.69. The fraction of sp³-hybridized carbons (Fsp3) is 0.231. The Morgan fingerprint density at radius 1 is 1.42 bits per heavy atom. The number of aromatic nitrogens is 1. The minimum atomic E-state index is -0.486. The molecule has 6 heteroatoms. The Hall–Kier alpha value is -2.01. The molecule has 0 N–H and O–H groups in total. The lowest BCUT2D eigenvalue weighted by atomic mass is 10.2. The summed E-state index contributed by atoms with van der Waals surface area (Å²) in [5.74, 6) is 0.419. The zero-order valence-electron chi connectivity index (χ0n) is 10.5. The summed E-state index contributed by atoms with van der Waals surface area (Å²) in [6.07, 6.45) is 0. The minimum absolute atomic E-state index is 0.158. The fourth-order valence-electron chi connectivity index (χ4n) is 1.53. The van der Waals surface area contributed by atoms with Crippen LogP contribution in [0.5, 0.6) is 5.75 Å². The van der Waals surface area contributed by atoms with Crippen molar-refractivity contribution in [2.45, 2.75) is 13.5 Å². The topological polar surface area (TPSA) is 61.6 Å². The van der Waals surface area contributed by atoms with Crippen molar-refractivity contribution in [1.82, 2.24) is 5.16 Å². The zero-order valence-corrected chi connectivity index (χ0v) is 11.2. The number of benzene rings is 1. The Morgan fingerprint density at radius 2 is 2.21 bits per heavy atom. The smallest absolute Gasteiger partial charge is 0.341 e. The molecule has 0 saturated carbocycles. The van der Waals surface area contributed by atoms with Crippen LogP contribution in [0.25, 0.3) is 0 Å². The largest absolute Gasteiger partial charge is 0.485 e. The summed E-state index contributed by atoms with van der Waals surface area (Å²) in [7, 11) is 1.31.